The molecule has 6 heteroatoms. The molecule has 0 saturated carbocycles. The van der Waals surface area contributed by atoms with Crippen molar-refractivity contribution in [2.24, 2.45) is 0 Å². The van der Waals surface area contributed by atoms with Crippen molar-refractivity contribution in [3.8, 4) is 0 Å². The minimum absolute atomic E-state index is 0.0841. The molecule has 0 N–H and O–H groups in total. The normalized spacial score (nSPS) is 12.4. The van der Waals surface area contributed by atoms with Gasteiger partial charge in [-0.05, 0) is 64.2 Å². The first kappa shape index (κ1) is 59.4. The van der Waals surface area contributed by atoms with Gasteiger partial charge in [0.1, 0.15) is 13.2 Å². The maximum atomic E-state index is 12.8. The molecular formula is C56H100O6. The third kappa shape index (κ3) is 48.4. The van der Waals surface area contributed by atoms with E-state index in [9.17, 15) is 14.4 Å². The van der Waals surface area contributed by atoms with Gasteiger partial charge < -0.3 is 14.2 Å². The van der Waals surface area contributed by atoms with E-state index in [2.05, 4.69) is 69.4 Å². The smallest absolute Gasteiger partial charge is 0.306 e. The van der Waals surface area contributed by atoms with Crippen LogP contribution in [-0.2, 0) is 28.6 Å². The highest BCUT2D eigenvalue weighted by atomic mass is 16.6. The Labute approximate surface area is 384 Å². The standard InChI is InChI=1S/C56H100O6/c1-4-7-10-13-16-19-22-24-26-27-28-30-31-34-37-40-43-46-49-55(58)61-52-53(51-60-54(57)48-45-42-39-36-33-21-18-15-12-9-6-3)62-56(59)50-47-44-41-38-35-32-29-25-23-20-17-14-11-8-5-2/h15,17-18,20-21,23,25,33,53H,4-14,16,19,22,24,26-32,34-52H2,1-3H3/b18-15-,20-17-,25-23-,33-21-. The van der Waals surface area contributed by atoms with Crippen LogP contribution in [0.4, 0.5) is 0 Å². The van der Waals surface area contributed by atoms with Crippen LogP contribution >= 0.6 is 0 Å². The molecule has 6 nitrogen and oxygen atoms in total. The highest BCUT2D eigenvalue weighted by Gasteiger charge is 2.19. The van der Waals surface area contributed by atoms with Gasteiger partial charge in [0, 0.05) is 19.3 Å². The summed E-state index contributed by atoms with van der Waals surface area (Å²) in [4.78, 5) is 38.0. The Hall–Kier alpha value is -2.63. The lowest BCUT2D eigenvalue weighted by atomic mass is 10.0. The van der Waals surface area contributed by atoms with Crippen LogP contribution in [0.15, 0.2) is 48.6 Å². The second-order valence-corrected chi connectivity index (χ2v) is 17.8. The number of carbonyl (C=O) groups is 3. The SMILES string of the molecule is CCCC/C=C\C=C/CCCCCC(=O)OCC(COC(=O)CCCCCCCCCCCCCCCCCCCC)OC(=O)CCCCCCCC/C=C\C=C/CCCCC. The summed E-state index contributed by atoms with van der Waals surface area (Å²) in [6.45, 7) is 6.54. The molecule has 0 fully saturated rings. The number of hydrogen-bond donors (Lipinski definition) is 0. The van der Waals surface area contributed by atoms with E-state index in [1.165, 1.54) is 148 Å². The summed E-state index contributed by atoms with van der Waals surface area (Å²) in [6.07, 6.45) is 61.0. The van der Waals surface area contributed by atoms with Crippen molar-refractivity contribution in [1.29, 1.82) is 0 Å². The number of unbranched alkanes of at least 4 members (excludes halogenated alkanes) is 31. The van der Waals surface area contributed by atoms with Crippen LogP contribution in [-0.4, -0.2) is 37.2 Å². The number of allylic oxidation sites excluding steroid dienone is 8. The van der Waals surface area contributed by atoms with Gasteiger partial charge in [-0.3, -0.25) is 14.4 Å². The second-order valence-electron chi connectivity index (χ2n) is 17.8. The molecular weight excluding hydrogens is 769 g/mol. The van der Waals surface area contributed by atoms with Gasteiger partial charge in [-0.2, -0.15) is 0 Å². The lowest BCUT2D eigenvalue weighted by Gasteiger charge is -2.18. The van der Waals surface area contributed by atoms with E-state index in [1.807, 2.05) is 0 Å². The third-order valence-electron chi connectivity index (χ3n) is 11.6. The zero-order valence-corrected chi connectivity index (χ0v) is 41.1. The van der Waals surface area contributed by atoms with E-state index in [-0.39, 0.29) is 31.1 Å². The maximum absolute atomic E-state index is 12.8. The van der Waals surface area contributed by atoms with Crippen molar-refractivity contribution in [2.45, 2.75) is 277 Å². The fraction of sp³-hybridized carbons (Fsp3) is 0.804. The van der Waals surface area contributed by atoms with Crippen LogP contribution in [0, 0.1) is 0 Å². The monoisotopic (exact) mass is 869 g/mol. The molecule has 0 aromatic carbocycles. The molecule has 0 spiro atoms. The molecule has 0 aliphatic heterocycles. The van der Waals surface area contributed by atoms with Crippen molar-refractivity contribution in [3.63, 3.8) is 0 Å². The second kappa shape index (κ2) is 51.0. The number of rotatable bonds is 48. The molecule has 0 aromatic rings. The highest BCUT2D eigenvalue weighted by Crippen LogP contribution is 2.16. The molecule has 0 heterocycles. The van der Waals surface area contributed by atoms with Crippen LogP contribution in [0.1, 0.15) is 271 Å². The van der Waals surface area contributed by atoms with Gasteiger partial charge in [-0.15, -0.1) is 0 Å². The van der Waals surface area contributed by atoms with Crippen molar-refractivity contribution < 1.29 is 28.6 Å². The first-order chi connectivity index (χ1) is 30.5. The maximum Gasteiger partial charge on any atom is 0.306 e. The Kier molecular flexibility index (Phi) is 48.8. The van der Waals surface area contributed by atoms with E-state index < -0.39 is 6.10 Å². The number of ether oxygens (including phenoxy) is 3. The first-order valence-electron chi connectivity index (χ1n) is 26.7. The molecule has 360 valence electrons. The molecule has 0 aliphatic carbocycles. The van der Waals surface area contributed by atoms with Gasteiger partial charge in [0.15, 0.2) is 6.10 Å². The van der Waals surface area contributed by atoms with Gasteiger partial charge in [0.05, 0.1) is 0 Å². The minimum atomic E-state index is -0.787. The Morgan fingerprint density at radius 1 is 0.323 bits per heavy atom. The average Bonchev–Trinajstić information content (AvgIpc) is 3.27. The lowest BCUT2D eigenvalue weighted by molar-refractivity contribution is -0.167. The van der Waals surface area contributed by atoms with Gasteiger partial charge >= 0.3 is 17.9 Å². The quantitative estimate of drug-likeness (QED) is 0.0262. The summed E-state index contributed by atoms with van der Waals surface area (Å²) in [5, 5.41) is 0. The van der Waals surface area contributed by atoms with E-state index in [4.69, 9.17) is 14.2 Å². The van der Waals surface area contributed by atoms with Gasteiger partial charge in [-0.25, -0.2) is 0 Å². The van der Waals surface area contributed by atoms with E-state index >= 15 is 0 Å². The summed E-state index contributed by atoms with van der Waals surface area (Å²) < 4.78 is 16.8. The highest BCUT2D eigenvalue weighted by molar-refractivity contribution is 5.71. The molecule has 1 atom stereocenters. The van der Waals surface area contributed by atoms with E-state index in [0.29, 0.717) is 19.3 Å². The average molecular weight is 869 g/mol. The van der Waals surface area contributed by atoms with Gasteiger partial charge in [0.25, 0.3) is 0 Å². The van der Waals surface area contributed by atoms with Crippen LogP contribution in [0.2, 0.25) is 0 Å². The zero-order chi connectivity index (χ0) is 45.1. The molecule has 0 aliphatic rings. The van der Waals surface area contributed by atoms with E-state index in [1.54, 1.807) is 0 Å². The summed E-state index contributed by atoms with van der Waals surface area (Å²) in [7, 11) is 0. The Balaban J connectivity index is 4.35. The summed E-state index contributed by atoms with van der Waals surface area (Å²) >= 11 is 0. The molecule has 0 bridgehead atoms. The Bertz CT molecular complexity index is 1090. The topological polar surface area (TPSA) is 78.9 Å². The van der Waals surface area contributed by atoms with Crippen molar-refractivity contribution in [2.75, 3.05) is 13.2 Å². The molecule has 62 heavy (non-hydrogen) atoms. The molecule has 0 rings (SSSR count). The van der Waals surface area contributed by atoms with Crippen molar-refractivity contribution in [1.82, 2.24) is 0 Å². The van der Waals surface area contributed by atoms with Crippen molar-refractivity contribution in [3.05, 3.63) is 48.6 Å². The molecule has 1 unspecified atom stereocenters. The van der Waals surface area contributed by atoms with Gasteiger partial charge in [0.2, 0.25) is 0 Å². The molecule has 0 aromatic heterocycles. The third-order valence-corrected chi connectivity index (χ3v) is 11.6. The fourth-order valence-electron chi connectivity index (χ4n) is 7.53. The van der Waals surface area contributed by atoms with Gasteiger partial charge in [-0.1, -0.05) is 236 Å². The summed E-state index contributed by atoms with van der Waals surface area (Å²) in [6, 6.07) is 0. The van der Waals surface area contributed by atoms with Crippen LogP contribution < -0.4 is 0 Å². The Morgan fingerprint density at radius 2 is 0.581 bits per heavy atom. The minimum Gasteiger partial charge on any atom is -0.462 e. The Morgan fingerprint density at radius 3 is 0.952 bits per heavy atom. The van der Waals surface area contributed by atoms with Crippen LogP contribution in [0.5, 0.6) is 0 Å². The van der Waals surface area contributed by atoms with Crippen LogP contribution in [0.25, 0.3) is 0 Å². The fourth-order valence-corrected chi connectivity index (χ4v) is 7.53. The summed E-state index contributed by atoms with van der Waals surface area (Å²) in [5.74, 6) is -0.916. The lowest BCUT2D eigenvalue weighted by Crippen LogP contribution is -2.30. The number of hydrogen-bond acceptors (Lipinski definition) is 6. The van der Waals surface area contributed by atoms with Crippen LogP contribution in [0.3, 0.4) is 0 Å². The zero-order valence-electron chi connectivity index (χ0n) is 41.1. The van der Waals surface area contributed by atoms with E-state index in [0.717, 1.165) is 83.5 Å². The number of carbonyl (C=O) groups excluding carboxylic acids is 3. The predicted octanol–water partition coefficient (Wildman–Crippen LogP) is 17.5. The predicted molar refractivity (Wildman–Crippen MR) is 265 cm³/mol. The first-order valence-corrected chi connectivity index (χ1v) is 26.7. The summed E-state index contributed by atoms with van der Waals surface area (Å²) in [5.41, 5.74) is 0. The largest absolute Gasteiger partial charge is 0.462 e. The molecule has 0 saturated heterocycles. The number of esters is 3. The molecule has 0 amide bonds. The molecule has 0 radical (unpaired) electrons. The van der Waals surface area contributed by atoms with Crippen molar-refractivity contribution >= 4 is 17.9 Å².